The van der Waals surface area contributed by atoms with Gasteiger partial charge in [-0.25, -0.2) is 0 Å². The van der Waals surface area contributed by atoms with Gasteiger partial charge in [-0.1, -0.05) is 0 Å². The Morgan fingerprint density at radius 1 is 1.35 bits per heavy atom. The lowest BCUT2D eigenvalue weighted by molar-refractivity contribution is 0.205. The summed E-state index contributed by atoms with van der Waals surface area (Å²) in [4.78, 5) is 7.05. The number of hydrogen-bond acceptors (Lipinski definition) is 4. The largest absolute Gasteiger partial charge is 0.399 e. The van der Waals surface area contributed by atoms with Gasteiger partial charge in [-0.2, -0.15) is 0 Å². The van der Waals surface area contributed by atoms with Crippen molar-refractivity contribution in [2.24, 2.45) is 0 Å². The van der Waals surface area contributed by atoms with Crippen LogP contribution in [-0.4, -0.2) is 31.3 Å². The molecular weight excluding hydrogens is 250 g/mol. The molecule has 1 saturated carbocycles. The zero-order valence-electron chi connectivity index (χ0n) is 12.1. The van der Waals surface area contributed by atoms with Gasteiger partial charge in [-0.05, 0) is 44.0 Å². The predicted octanol–water partition coefficient (Wildman–Crippen LogP) is 2.74. The van der Waals surface area contributed by atoms with Crippen LogP contribution in [-0.2, 0) is 4.74 Å². The number of ether oxygens (including phenoxy) is 1. The number of nitrogen functional groups attached to an aromatic ring is 1. The Morgan fingerprint density at radius 3 is 2.85 bits per heavy atom. The molecule has 0 saturated heterocycles. The fourth-order valence-corrected chi connectivity index (χ4v) is 2.67. The van der Waals surface area contributed by atoms with Crippen LogP contribution in [0, 0.1) is 6.92 Å². The summed E-state index contributed by atoms with van der Waals surface area (Å²) in [6, 6.07) is 8.74. The van der Waals surface area contributed by atoms with Gasteiger partial charge in [0.25, 0.3) is 0 Å². The lowest BCUT2D eigenvalue weighted by Gasteiger charge is -2.26. The first-order valence-corrected chi connectivity index (χ1v) is 7.11. The van der Waals surface area contributed by atoms with Crippen LogP contribution in [0.5, 0.6) is 0 Å². The van der Waals surface area contributed by atoms with E-state index in [9.17, 15) is 0 Å². The van der Waals surface area contributed by atoms with E-state index in [1.54, 1.807) is 7.11 Å². The molecular formula is C16H21N3O. The first-order valence-electron chi connectivity index (χ1n) is 7.11. The van der Waals surface area contributed by atoms with Crippen LogP contribution < -0.4 is 10.6 Å². The lowest BCUT2D eigenvalue weighted by Crippen LogP contribution is -2.29. The highest BCUT2D eigenvalue weighted by molar-refractivity contribution is 5.94. The van der Waals surface area contributed by atoms with Crippen LogP contribution in [0.3, 0.4) is 0 Å². The van der Waals surface area contributed by atoms with Crippen molar-refractivity contribution in [3.05, 3.63) is 30.0 Å². The van der Waals surface area contributed by atoms with Gasteiger partial charge in [0.05, 0.1) is 12.1 Å². The maximum absolute atomic E-state index is 5.95. The summed E-state index contributed by atoms with van der Waals surface area (Å²) in [6.07, 6.45) is 2.52. The minimum absolute atomic E-state index is 0.636. The van der Waals surface area contributed by atoms with E-state index < -0.39 is 0 Å². The van der Waals surface area contributed by atoms with Crippen molar-refractivity contribution in [1.82, 2.24) is 4.98 Å². The average Bonchev–Trinajstić information content (AvgIpc) is 3.24. The second-order valence-corrected chi connectivity index (χ2v) is 5.48. The summed E-state index contributed by atoms with van der Waals surface area (Å²) in [5.74, 6) is 0. The lowest BCUT2D eigenvalue weighted by atomic mass is 10.1. The van der Waals surface area contributed by atoms with Crippen molar-refractivity contribution in [1.29, 1.82) is 0 Å². The molecule has 4 nitrogen and oxygen atoms in total. The van der Waals surface area contributed by atoms with E-state index in [-0.39, 0.29) is 0 Å². The highest BCUT2D eigenvalue weighted by Gasteiger charge is 2.30. The molecule has 4 heteroatoms. The van der Waals surface area contributed by atoms with E-state index in [0.29, 0.717) is 6.04 Å². The molecule has 106 valence electrons. The van der Waals surface area contributed by atoms with Crippen molar-refractivity contribution >= 4 is 22.3 Å². The van der Waals surface area contributed by atoms with E-state index in [1.165, 1.54) is 18.5 Å². The number of nitrogens with two attached hydrogens (primary N) is 1. The number of aromatic nitrogens is 1. The highest BCUT2D eigenvalue weighted by atomic mass is 16.5. The summed E-state index contributed by atoms with van der Waals surface area (Å²) < 4.78 is 5.26. The molecule has 20 heavy (non-hydrogen) atoms. The van der Waals surface area contributed by atoms with Crippen LogP contribution in [0.4, 0.5) is 11.4 Å². The summed E-state index contributed by atoms with van der Waals surface area (Å²) in [6.45, 7) is 3.69. The summed E-state index contributed by atoms with van der Waals surface area (Å²) in [5, 5.41) is 1.14. The number of hydrogen-bond donors (Lipinski definition) is 1. The molecule has 1 aromatic carbocycles. The Kier molecular flexibility index (Phi) is 3.49. The Hall–Kier alpha value is -1.81. The molecule has 0 aliphatic heterocycles. The number of anilines is 2. The molecule has 1 aromatic heterocycles. The van der Waals surface area contributed by atoms with E-state index in [4.69, 9.17) is 10.5 Å². The normalized spacial score (nSPS) is 14.7. The molecule has 0 spiro atoms. The maximum Gasteiger partial charge on any atom is 0.0727 e. The first kappa shape index (κ1) is 13.2. The van der Waals surface area contributed by atoms with Gasteiger partial charge in [-0.3, -0.25) is 4.98 Å². The number of fused-ring (bicyclic) bond motifs is 1. The fraction of sp³-hybridized carbons (Fsp3) is 0.438. The smallest absolute Gasteiger partial charge is 0.0727 e. The molecule has 0 amide bonds. The molecule has 1 aliphatic rings. The number of rotatable bonds is 5. The molecule has 0 radical (unpaired) electrons. The molecule has 1 fully saturated rings. The summed E-state index contributed by atoms with van der Waals surface area (Å²) >= 11 is 0. The third-order valence-electron chi connectivity index (χ3n) is 3.77. The zero-order valence-corrected chi connectivity index (χ0v) is 12.1. The van der Waals surface area contributed by atoms with Gasteiger partial charge < -0.3 is 15.4 Å². The maximum atomic E-state index is 5.95. The second kappa shape index (κ2) is 5.29. The number of pyridine rings is 1. The monoisotopic (exact) mass is 271 g/mol. The summed E-state index contributed by atoms with van der Waals surface area (Å²) in [5.41, 5.74) is 10.0. The van der Waals surface area contributed by atoms with Gasteiger partial charge in [0.15, 0.2) is 0 Å². The highest BCUT2D eigenvalue weighted by Crippen LogP contribution is 2.36. The van der Waals surface area contributed by atoms with Crippen LogP contribution in [0.1, 0.15) is 18.5 Å². The second-order valence-electron chi connectivity index (χ2n) is 5.48. The van der Waals surface area contributed by atoms with Crippen molar-refractivity contribution < 1.29 is 4.74 Å². The van der Waals surface area contributed by atoms with Crippen LogP contribution >= 0.6 is 0 Å². The zero-order chi connectivity index (χ0) is 14.1. The van der Waals surface area contributed by atoms with Crippen molar-refractivity contribution in [3.8, 4) is 0 Å². The van der Waals surface area contributed by atoms with E-state index in [2.05, 4.69) is 16.0 Å². The minimum Gasteiger partial charge on any atom is -0.399 e. The Balaban J connectivity index is 2.09. The van der Waals surface area contributed by atoms with Crippen LogP contribution in [0.25, 0.3) is 10.9 Å². The average molecular weight is 271 g/mol. The Labute approximate surface area is 119 Å². The quantitative estimate of drug-likeness (QED) is 0.850. The molecule has 1 aliphatic carbocycles. The van der Waals surface area contributed by atoms with Crippen molar-refractivity contribution in [3.63, 3.8) is 0 Å². The molecule has 2 N–H and O–H groups in total. The van der Waals surface area contributed by atoms with E-state index >= 15 is 0 Å². The molecule has 0 atom stereocenters. The van der Waals surface area contributed by atoms with Gasteiger partial charge in [-0.15, -0.1) is 0 Å². The minimum atomic E-state index is 0.636. The predicted molar refractivity (Wildman–Crippen MR) is 83.1 cm³/mol. The first-order chi connectivity index (χ1) is 9.69. The van der Waals surface area contributed by atoms with Crippen LogP contribution in [0.2, 0.25) is 0 Å². The Bertz CT molecular complexity index is 622. The van der Waals surface area contributed by atoms with E-state index in [1.807, 2.05) is 25.1 Å². The van der Waals surface area contributed by atoms with Crippen molar-refractivity contribution in [2.45, 2.75) is 25.8 Å². The van der Waals surface area contributed by atoms with Gasteiger partial charge >= 0.3 is 0 Å². The molecule has 2 aromatic rings. The fourth-order valence-electron chi connectivity index (χ4n) is 2.67. The standard InChI is InChI=1S/C16H21N3O/c1-11-9-16(19(7-8-20-2)13-4-5-13)14-10-12(17)3-6-15(14)18-11/h3,6,9-10,13H,4-5,7-8,17H2,1-2H3. The molecule has 0 unspecified atom stereocenters. The van der Waals surface area contributed by atoms with Gasteiger partial charge in [0.1, 0.15) is 0 Å². The molecule has 1 heterocycles. The number of nitrogens with zero attached hydrogens (tertiary/aromatic N) is 2. The molecule has 3 rings (SSSR count). The number of benzene rings is 1. The Morgan fingerprint density at radius 2 is 2.15 bits per heavy atom. The van der Waals surface area contributed by atoms with Gasteiger partial charge in [0, 0.05) is 42.2 Å². The van der Waals surface area contributed by atoms with Crippen LogP contribution in [0.15, 0.2) is 24.3 Å². The number of aryl methyl sites for hydroxylation is 1. The third kappa shape index (κ3) is 2.56. The SMILES string of the molecule is COCCN(c1cc(C)nc2ccc(N)cc12)C1CC1. The van der Waals surface area contributed by atoms with Gasteiger partial charge in [0.2, 0.25) is 0 Å². The van der Waals surface area contributed by atoms with Crippen molar-refractivity contribution in [2.75, 3.05) is 30.9 Å². The summed E-state index contributed by atoms with van der Waals surface area (Å²) in [7, 11) is 1.75. The number of methoxy groups -OCH3 is 1. The van der Waals surface area contributed by atoms with E-state index in [0.717, 1.165) is 35.4 Å². The molecule has 0 bridgehead atoms. The third-order valence-corrected chi connectivity index (χ3v) is 3.77. The topological polar surface area (TPSA) is 51.4 Å².